The molecule has 1 aliphatic rings. The Morgan fingerprint density at radius 3 is 2.66 bits per heavy atom. The third-order valence-electron chi connectivity index (χ3n) is 5.12. The van der Waals surface area contributed by atoms with Crippen molar-refractivity contribution in [1.82, 2.24) is 19.8 Å². The van der Waals surface area contributed by atoms with Crippen molar-refractivity contribution in [3.05, 3.63) is 78.1 Å². The molecule has 0 saturated carbocycles. The zero-order valence-electron chi connectivity index (χ0n) is 16.2. The zero-order valence-corrected chi connectivity index (χ0v) is 16.2. The smallest absolute Gasteiger partial charge is 0.224 e. The number of carbonyl (C=O) groups is 1. The lowest BCUT2D eigenvalue weighted by Crippen LogP contribution is -2.33. The molecule has 0 unspecified atom stereocenters. The van der Waals surface area contributed by atoms with Gasteiger partial charge in [-0.2, -0.15) is 0 Å². The molecule has 29 heavy (non-hydrogen) atoms. The fourth-order valence-electron chi connectivity index (χ4n) is 3.55. The van der Waals surface area contributed by atoms with Gasteiger partial charge in [-0.05, 0) is 42.0 Å². The number of imidazole rings is 1. The van der Waals surface area contributed by atoms with Crippen molar-refractivity contribution >= 4 is 5.91 Å². The van der Waals surface area contributed by atoms with E-state index >= 15 is 0 Å². The van der Waals surface area contributed by atoms with Gasteiger partial charge in [0.25, 0.3) is 0 Å². The van der Waals surface area contributed by atoms with Gasteiger partial charge < -0.3 is 19.5 Å². The highest BCUT2D eigenvalue weighted by molar-refractivity contribution is 5.79. The number of nitrogens with one attached hydrogen (secondary N) is 1. The van der Waals surface area contributed by atoms with Crippen molar-refractivity contribution in [2.75, 3.05) is 13.7 Å². The maximum absolute atomic E-state index is 13.1. The van der Waals surface area contributed by atoms with E-state index in [-0.39, 0.29) is 17.8 Å². The minimum atomic E-state index is -0.270. The fraction of sp³-hybridized carbons (Fsp3) is 0.273. The number of carbonyl (C=O) groups excluding carboxylic acids is 1. The summed E-state index contributed by atoms with van der Waals surface area (Å²) in [6.07, 6.45) is 4.13. The molecule has 1 aromatic heterocycles. The van der Waals surface area contributed by atoms with Crippen LogP contribution in [0.3, 0.4) is 0 Å². The normalized spacial score (nSPS) is 16.4. The second-order valence-corrected chi connectivity index (χ2v) is 7.09. The summed E-state index contributed by atoms with van der Waals surface area (Å²) in [7, 11) is 1.64. The minimum Gasteiger partial charge on any atom is -0.497 e. The van der Waals surface area contributed by atoms with Gasteiger partial charge in [0.1, 0.15) is 17.4 Å². The summed E-state index contributed by atoms with van der Waals surface area (Å²) in [6, 6.07) is 14.1. The van der Waals surface area contributed by atoms with E-state index in [9.17, 15) is 9.18 Å². The van der Waals surface area contributed by atoms with E-state index in [2.05, 4.69) is 10.3 Å². The largest absolute Gasteiger partial charge is 0.497 e. The average molecular weight is 394 g/mol. The number of nitrogens with zero attached hydrogens (tertiary/aromatic N) is 3. The molecule has 3 aromatic rings. The first kappa shape index (κ1) is 19.1. The predicted octanol–water partition coefficient (Wildman–Crippen LogP) is 2.91. The average Bonchev–Trinajstić information content (AvgIpc) is 3.35. The Balaban J connectivity index is 1.36. The Hall–Kier alpha value is -3.19. The second-order valence-electron chi connectivity index (χ2n) is 7.09. The molecule has 1 saturated heterocycles. The number of aromatic nitrogens is 2. The third-order valence-corrected chi connectivity index (χ3v) is 5.12. The first-order valence-corrected chi connectivity index (χ1v) is 9.54. The van der Waals surface area contributed by atoms with Gasteiger partial charge in [-0.25, -0.2) is 9.37 Å². The standard InChI is InChI=1S/C22H23FN4O2/c1-29-20-8-6-19(7-9-20)27-11-10-24-21(27)13-25-18-12-22(28)26(15-18)14-16-2-4-17(23)5-3-16/h2-11,18,25H,12-15H2,1H3/t18-/m0/s1. The van der Waals surface area contributed by atoms with E-state index in [1.54, 1.807) is 30.3 Å². The van der Waals surface area contributed by atoms with Crippen molar-refractivity contribution in [2.24, 2.45) is 0 Å². The number of ether oxygens (including phenoxy) is 1. The van der Waals surface area contributed by atoms with Gasteiger partial charge in [0, 0.05) is 43.6 Å². The van der Waals surface area contributed by atoms with Gasteiger partial charge >= 0.3 is 0 Å². The molecule has 2 aromatic carbocycles. The van der Waals surface area contributed by atoms with Crippen LogP contribution in [-0.4, -0.2) is 40.1 Å². The SMILES string of the molecule is COc1ccc(-n2ccnc2CN[C@H]2CC(=O)N(Cc3ccc(F)cc3)C2)cc1. The molecule has 0 aliphatic carbocycles. The Morgan fingerprint density at radius 2 is 1.93 bits per heavy atom. The van der Waals surface area contributed by atoms with E-state index in [4.69, 9.17) is 4.74 Å². The predicted molar refractivity (Wildman–Crippen MR) is 107 cm³/mol. The molecular weight excluding hydrogens is 371 g/mol. The minimum absolute atomic E-state index is 0.0592. The number of halogens is 1. The number of methoxy groups -OCH3 is 1. The summed E-state index contributed by atoms with van der Waals surface area (Å²) in [6.45, 7) is 1.68. The summed E-state index contributed by atoms with van der Waals surface area (Å²) in [4.78, 5) is 18.6. The van der Waals surface area contributed by atoms with Crippen LogP contribution in [0.25, 0.3) is 5.69 Å². The van der Waals surface area contributed by atoms with Gasteiger partial charge in [0.05, 0.1) is 13.7 Å². The molecule has 1 amide bonds. The molecule has 1 atom stereocenters. The maximum atomic E-state index is 13.1. The molecule has 1 aliphatic heterocycles. The lowest BCUT2D eigenvalue weighted by molar-refractivity contribution is -0.128. The molecule has 2 heterocycles. The first-order valence-electron chi connectivity index (χ1n) is 9.54. The van der Waals surface area contributed by atoms with Gasteiger partial charge in [-0.15, -0.1) is 0 Å². The maximum Gasteiger partial charge on any atom is 0.224 e. The third kappa shape index (κ3) is 4.46. The molecule has 6 nitrogen and oxygen atoms in total. The van der Waals surface area contributed by atoms with Crippen molar-refractivity contribution in [1.29, 1.82) is 0 Å². The van der Waals surface area contributed by atoms with Crippen molar-refractivity contribution in [2.45, 2.75) is 25.6 Å². The van der Waals surface area contributed by atoms with Crippen LogP contribution in [0.4, 0.5) is 4.39 Å². The lowest BCUT2D eigenvalue weighted by atomic mass is 10.2. The van der Waals surface area contributed by atoms with Crippen molar-refractivity contribution in [3.63, 3.8) is 0 Å². The monoisotopic (exact) mass is 394 g/mol. The summed E-state index contributed by atoms with van der Waals surface area (Å²) < 4.78 is 20.3. The van der Waals surface area contributed by atoms with Crippen LogP contribution in [-0.2, 0) is 17.9 Å². The van der Waals surface area contributed by atoms with Crippen LogP contribution in [0.5, 0.6) is 5.75 Å². The van der Waals surface area contributed by atoms with Crippen LogP contribution in [0, 0.1) is 5.82 Å². The van der Waals surface area contributed by atoms with Crippen LogP contribution in [0.15, 0.2) is 60.9 Å². The Labute approximate surface area is 168 Å². The van der Waals surface area contributed by atoms with E-state index in [1.807, 2.05) is 35.0 Å². The van der Waals surface area contributed by atoms with Crippen LogP contribution < -0.4 is 10.1 Å². The molecule has 150 valence electrons. The second kappa shape index (κ2) is 8.45. The number of benzene rings is 2. The molecule has 0 bridgehead atoms. The number of rotatable bonds is 7. The van der Waals surface area contributed by atoms with Gasteiger partial charge in [-0.3, -0.25) is 4.79 Å². The molecule has 7 heteroatoms. The van der Waals surface area contributed by atoms with E-state index in [0.29, 0.717) is 26.1 Å². The molecule has 1 fully saturated rings. The van der Waals surface area contributed by atoms with Crippen LogP contribution >= 0.6 is 0 Å². The molecule has 4 rings (SSSR count). The van der Waals surface area contributed by atoms with Crippen molar-refractivity contribution < 1.29 is 13.9 Å². The quantitative estimate of drug-likeness (QED) is 0.670. The highest BCUT2D eigenvalue weighted by Crippen LogP contribution is 2.18. The highest BCUT2D eigenvalue weighted by Gasteiger charge is 2.29. The Kier molecular flexibility index (Phi) is 5.57. The topological polar surface area (TPSA) is 59.4 Å². The van der Waals surface area contributed by atoms with E-state index in [0.717, 1.165) is 22.8 Å². The fourth-order valence-corrected chi connectivity index (χ4v) is 3.55. The van der Waals surface area contributed by atoms with Gasteiger partial charge in [-0.1, -0.05) is 12.1 Å². The molecular formula is C22H23FN4O2. The Morgan fingerprint density at radius 1 is 1.17 bits per heavy atom. The number of hydrogen-bond donors (Lipinski definition) is 1. The number of hydrogen-bond acceptors (Lipinski definition) is 4. The van der Waals surface area contributed by atoms with E-state index in [1.165, 1.54) is 12.1 Å². The summed E-state index contributed by atoms with van der Waals surface area (Å²) in [5.74, 6) is 1.51. The molecule has 0 radical (unpaired) electrons. The molecule has 1 N–H and O–H groups in total. The lowest BCUT2D eigenvalue weighted by Gasteiger charge is -2.17. The van der Waals surface area contributed by atoms with Gasteiger partial charge in [0.15, 0.2) is 0 Å². The molecule has 0 spiro atoms. The number of likely N-dealkylation sites (tertiary alicyclic amines) is 1. The van der Waals surface area contributed by atoms with Crippen LogP contribution in [0.2, 0.25) is 0 Å². The summed E-state index contributed by atoms with van der Waals surface area (Å²) in [5, 5.41) is 3.44. The van der Waals surface area contributed by atoms with Crippen molar-refractivity contribution in [3.8, 4) is 11.4 Å². The number of amides is 1. The first-order chi connectivity index (χ1) is 14.1. The summed E-state index contributed by atoms with van der Waals surface area (Å²) in [5.41, 5.74) is 1.93. The van der Waals surface area contributed by atoms with Crippen LogP contribution in [0.1, 0.15) is 17.8 Å². The van der Waals surface area contributed by atoms with Gasteiger partial charge in [0.2, 0.25) is 5.91 Å². The van der Waals surface area contributed by atoms with E-state index < -0.39 is 0 Å². The summed E-state index contributed by atoms with van der Waals surface area (Å²) >= 11 is 0. The highest BCUT2D eigenvalue weighted by atomic mass is 19.1. The Bertz CT molecular complexity index is 969. The zero-order chi connectivity index (χ0) is 20.2.